The highest BCUT2D eigenvalue weighted by molar-refractivity contribution is 5.95. The summed E-state index contributed by atoms with van der Waals surface area (Å²) in [5.41, 5.74) is 1.84. The first kappa shape index (κ1) is 14.7. The fourth-order valence-corrected chi connectivity index (χ4v) is 3.18. The topological polar surface area (TPSA) is 42.7 Å². The minimum atomic E-state index is 0.0627. The summed E-state index contributed by atoms with van der Waals surface area (Å²) in [6.45, 7) is 4.51. The van der Waals surface area contributed by atoms with Gasteiger partial charge in [0.1, 0.15) is 17.3 Å². The van der Waals surface area contributed by atoms with E-state index in [-0.39, 0.29) is 11.9 Å². The average molecular weight is 299 g/mol. The second-order valence-corrected chi connectivity index (χ2v) is 5.76. The number of furan rings is 1. The van der Waals surface area contributed by atoms with Crippen molar-refractivity contribution in [1.29, 1.82) is 0 Å². The molecule has 0 spiro atoms. The predicted octanol–water partition coefficient (Wildman–Crippen LogP) is 3.88. The second kappa shape index (κ2) is 5.87. The first-order valence-corrected chi connectivity index (χ1v) is 7.62. The molecule has 1 aromatic heterocycles. The maximum atomic E-state index is 12.8. The van der Waals surface area contributed by atoms with Crippen molar-refractivity contribution >= 4 is 5.91 Å². The van der Waals surface area contributed by atoms with Gasteiger partial charge in [-0.15, -0.1) is 0 Å². The number of ether oxygens (including phenoxy) is 1. The summed E-state index contributed by atoms with van der Waals surface area (Å²) in [5.74, 6) is 2.37. The zero-order chi connectivity index (χ0) is 15.7. The maximum absolute atomic E-state index is 12.8. The lowest BCUT2D eigenvalue weighted by Gasteiger charge is -2.25. The van der Waals surface area contributed by atoms with Crippen LogP contribution in [0.15, 0.2) is 34.7 Å². The molecule has 3 rings (SSSR count). The van der Waals surface area contributed by atoms with E-state index < -0.39 is 0 Å². The Bertz CT molecular complexity index is 672. The van der Waals surface area contributed by atoms with Crippen molar-refractivity contribution in [2.75, 3.05) is 13.7 Å². The molecule has 0 aliphatic carbocycles. The monoisotopic (exact) mass is 299 g/mol. The Morgan fingerprint density at radius 3 is 2.59 bits per heavy atom. The Labute approximate surface area is 130 Å². The van der Waals surface area contributed by atoms with Gasteiger partial charge in [-0.25, -0.2) is 0 Å². The van der Waals surface area contributed by atoms with Crippen LogP contribution in [0.1, 0.15) is 46.3 Å². The van der Waals surface area contributed by atoms with Crippen LogP contribution in [-0.4, -0.2) is 24.5 Å². The Morgan fingerprint density at radius 1 is 1.27 bits per heavy atom. The van der Waals surface area contributed by atoms with E-state index in [1.807, 2.05) is 49.1 Å². The third-order valence-corrected chi connectivity index (χ3v) is 4.29. The fourth-order valence-electron chi connectivity index (χ4n) is 3.18. The van der Waals surface area contributed by atoms with Gasteiger partial charge in [-0.3, -0.25) is 4.79 Å². The molecule has 1 aliphatic heterocycles. The normalized spacial score (nSPS) is 17.8. The molecule has 22 heavy (non-hydrogen) atoms. The van der Waals surface area contributed by atoms with E-state index in [1.165, 1.54) is 0 Å². The molecule has 2 heterocycles. The molecule has 0 N–H and O–H groups in total. The largest absolute Gasteiger partial charge is 0.497 e. The summed E-state index contributed by atoms with van der Waals surface area (Å²) in [6.07, 6.45) is 2.02. The highest BCUT2D eigenvalue weighted by atomic mass is 16.5. The molecule has 0 radical (unpaired) electrons. The average Bonchev–Trinajstić information content (AvgIpc) is 3.13. The number of rotatable bonds is 3. The molecule has 2 aromatic rings. The highest BCUT2D eigenvalue weighted by Crippen LogP contribution is 2.34. The summed E-state index contributed by atoms with van der Waals surface area (Å²) in [5, 5.41) is 0. The van der Waals surface area contributed by atoms with Crippen LogP contribution in [0.3, 0.4) is 0 Å². The minimum absolute atomic E-state index is 0.0627. The van der Waals surface area contributed by atoms with E-state index in [4.69, 9.17) is 9.15 Å². The van der Waals surface area contributed by atoms with Gasteiger partial charge >= 0.3 is 0 Å². The van der Waals surface area contributed by atoms with E-state index in [0.717, 1.165) is 36.5 Å². The molecule has 1 aliphatic rings. The SMILES string of the molecule is COc1ccc(C2CCCN2C(=O)c2cc(C)oc2C)cc1. The first-order chi connectivity index (χ1) is 10.6. The van der Waals surface area contributed by atoms with E-state index >= 15 is 0 Å². The van der Waals surface area contributed by atoms with E-state index in [1.54, 1.807) is 7.11 Å². The van der Waals surface area contributed by atoms with Crippen molar-refractivity contribution in [3.05, 3.63) is 53.0 Å². The lowest BCUT2D eigenvalue weighted by Crippen LogP contribution is -2.30. The molecule has 1 fully saturated rings. The van der Waals surface area contributed by atoms with Crippen molar-refractivity contribution in [1.82, 2.24) is 4.90 Å². The van der Waals surface area contributed by atoms with Gasteiger partial charge in [-0.05, 0) is 50.5 Å². The molecule has 1 atom stereocenters. The van der Waals surface area contributed by atoms with Crippen LogP contribution in [0.25, 0.3) is 0 Å². The summed E-state index contributed by atoms with van der Waals surface area (Å²) in [4.78, 5) is 14.8. The summed E-state index contributed by atoms with van der Waals surface area (Å²) in [6, 6.07) is 9.95. The van der Waals surface area contributed by atoms with Crippen molar-refractivity contribution in [2.24, 2.45) is 0 Å². The lowest BCUT2D eigenvalue weighted by atomic mass is 10.0. The van der Waals surface area contributed by atoms with Crippen LogP contribution in [0, 0.1) is 13.8 Å². The van der Waals surface area contributed by atoms with E-state index in [0.29, 0.717) is 11.3 Å². The molecule has 4 nitrogen and oxygen atoms in total. The Kier molecular flexibility index (Phi) is 3.92. The molecular formula is C18H21NO3. The van der Waals surface area contributed by atoms with Gasteiger partial charge < -0.3 is 14.1 Å². The number of aryl methyl sites for hydroxylation is 2. The molecule has 1 saturated heterocycles. The number of likely N-dealkylation sites (tertiary alicyclic amines) is 1. The van der Waals surface area contributed by atoms with Gasteiger partial charge in [0.15, 0.2) is 0 Å². The van der Waals surface area contributed by atoms with Gasteiger partial charge in [0.2, 0.25) is 0 Å². The summed E-state index contributed by atoms with van der Waals surface area (Å²) >= 11 is 0. The van der Waals surface area contributed by atoms with Crippen LogP contribution in [0.4, 0.5) is 0 Å². The number of benzene rings is 1. The maximum Gasteiger partial charge on any atom is 0.257 e. The first-order valence-electron chi connectivity index (χ1n) is 7.62. The number of nitrogens with zero attached hydrogens (tertiary/aromatic N) is 1. The van der Waals surface area contributed by atoms with Gasteiger partial charge in [-0.2, -0.15) is 0 Å². The van der Waals surface area contributed by atoms with Crippen molar-refractivity contribution in [2.45, 2.75) is 32.7 Å². The zero-order valence-electron chi connectivity index (χ0n) is 13.3. The Hall–Kier alpha value is -2.23. The summed E-state index contributed by atoms with van der Waals surface area (Å²) in [7, 11) is 1.66. The molecule has 1 amide bonds. The Balaban J connectivity index is 1.86. The molecule has 1 aromatic carbocycles. The van der Waals surface area contributed by atoms with Crippen LogP contribution >= 0.6 is 0 Å². The number of hydrogen-bond acceptors (Lipinski definition) is 3. The van der Waals surface area contributed by atoms with Gasteiger partial charge in [0.05, 0.1) is 18.7 Å². The van der Waals surface area contributed by atoms with Gasteiger partial charge in [0.25, 0.3) is 5.91 Å². The number of carbonyl (C=O) groups excluding carboxylic acids is 1. The molecule has 1 unspecified atom stereocenters. The van der Waals surface area contributed by atoms with Crippen molar-refractivity contribution in [3.8, 4) is 5.75 Å². The fraction of sp³-hybridized carbons (Fsp3) is 0.389. The smallest absolute Gasteiger partial charge is 0.257 e. The quantitative estimate of drug-likeness (QED) is 0.863. The lowest BCUT2D eigenvalue weighted by molar-refractivity contribution is 0.0734. The van der Waals surface area contributed by atoms with Crippen LogP contribution in [-0.2, 0) is 0 Å². The zero-order valence-corrected chi connectivity index (χ0v) is 13.3. The van der Waals surface area contributed by atoms with Crippen LogP contribution in [0.2, 0.25) is 0 Å². The van der Waals surface area contributed by atoms with Gasteiger partial charge in [-0.1, -0.05) is 12.1 Å². The molecule has 0 saturated carbocycles. The van der Waals surface area contributed by atoms with Gasteiger partial charge in [0, 0.05) is 6.54 Å². The minimum Gasteiger partial charge on any atom is -0.497 e. The number of amides is 1. The van der Waals surface area contributed by atoms with E-state index in [2.05, 4.69) is 0 Å². The standard InChI is InChI=1S/C18H21NO3/c1-12-11-16(13(2)22-12)18(20)19-10-4-5-17(19)14-6-8-15(21-3)9-7-14/h6-9,11,17H,4-5,10H2,1-3H3. The number of hydrogen-bond donors (Lipinski definition) is 0. The molecule has 0 bridgehead atoms. The van der Waals surface area contributed by atoms with Crippen molar-refractivity contribution in [3.63, 3.8) is 0 Å². The number of carbonyl (C=O) groups is 1. The third kappa shape index (κ3) is 2.61. The number of methoxy groups -OCH3 is 1. The third-order valence-electron chi connectivity index (χ3n) is 4.29. The predicted molar refractivity (Wildman–Crippen MR) is 84.2 cm³/mol. The van der Waals surface area contributed by atoms with Crippen LogP contribution in [0.5, 0.6) is 5.75 Å². The van der Waals surface area contributed by atoms with Crippen LogP contribution < -0.4 is 4.74 Å². The molecule has 4 heteroatoms. The molecular weight excluding hydrogens is 278 g/mol. The summed E-state index contributed by atoms with van der Waals surface area (Å²) < 4.78 is 10.7. The second-order valence-electron chi connectivity index (χ2n) is 5.76. The van der Waals surface area contributed by atoms with E-state index in [9.17, 15) is 4.79 Å². The molecule has 116 valence electrons. The Morgan fingerprint density at radius 2 is 2.00 bits per heavy atom. The van der Waals surface area contributed by atoms with Crippen molar-refractivity contribution < 1.29 is 13.9 Å². The highest BCUT2D eigenvalue weighted by Gasteiger charge is 2.32.